The smallest absolute Gasteiger partial charge is 0.274 e. The second-order valence-electron chi connectivity index (χ2n) is 9.71. The number of hydrogen-bond acceptors (Lipinski definition) is 4. The average Bonchev–Trinajstić information content (AvgIpc) is 2.90. The molecule has 0 spiro atoms. The molecule has 190 valence electrons. The topological polar surface area (TPSA) is 67.2 Å². The summed E-state index contributed by atoms with van der Waals surface area (Å²) >= 11 is 0. The number of carbonyl (C=O) groups excluding carboxylic acids is 1. The molecule has 0 unspecified atom stereocenters. The molecular weight excluding hydrogens is 467 g/mol. The number of piperidine rings is 1. The Morgan fingerprint density at radius 3 is 2.49 bits per heavy atom. The van der Waals surface area contributed by atoms with Crippen LogP contribution in [0.15, 0.2) is 77.6 Å². The number of hydrogen-bond donors (Lipinski definition) is 1. The Labute approximate surface area is 215 Å². The molecule has 4 aromatic rings. The van der Waals surface area contributed by atoms with E-state index in [4.69, 9.17) is 0 Å². The molecule has 3 aromatic carbocycles. The molecule has 2 heterocycles. The highest BCUT2D eigenvalue weighted by Crippen LogP contribution is 2.30. The predicted molar refractivity (Wildman–Crippen MR) is 145 cm³/mol. The van der Waals surface area contributed by atoms with Crippen molar-refractivity contribution < 1.29 is 9.18 Å². The Hall–Kier alpha value is -3.84. The van der Waals surface area contributed by atoms with Crippen LogP contribution in [-0.4, -0.2) is 40.2 Å². The number of carbonyl (C=O) groups is 1. The van der Waals surface area contributed by atoms with E-state index in [0.29, 0.717) is 29.1 Å². The number of likely N-dealkylation sites (tertiary alicyclic amines) is 1. The maximum absolute atomic E-state index is 13.9. The second kappa shape index (κ2) is 11.0. The number of amides is 1. The first-order valence-electron chi connectivity index (χ1n) is 12.8. The van der Waals surface area contributed by atoms with Crippen molar-refractivity contribution in [2.24, 2.45) is 0 Å². The molecule has 5 rings (SSSR count). The molecule has 1 aliphatic rings. The molecule has 0 aliphatic carbocycles. The first-order valence-corrected chi connectivity index (χ1v) is 12.8. The van der Waals surface area contributed by atoms with Crippen molar-refractivity contribution in [1.29, 1.82) is 0 Å². The van der Waals surface area contributed by atoms with Gasteiger partial charge in [0.15, 0.2) is 0 Å². The third-order valence-electron chi connectivity index (χ3n) is 7.08. The fraction of sp³-hybridized carbons (Fsp3) is 0.300. The third kappa shape index (κ3) is 5.78. The summed E-state index contributed by atoms with van der Waals surface area (Å²) in [5, 5.41) is 8.86. The van der Waals surface area contributed by atoms with Gasteiger partial charge in [-0.15, -0.1) is 0 Å². The average molecular weight is 499 g/mol. The summed E-state index contributed by atoms with van der Waals surface area (Å²) in [4.78, 5) is 27.0. The van der Waals surface area contributed by atoms with Crippen molar-refractivity contribution in [3.8, 4) is 11.3 Å². The largest absolute Gasteiger partial charge is 0.326 e. The number of benzene rings is 3. The normalized spacial score (nSPS) is 14.6. The summed E-state index contributed by atoms with van der Waals surface area (Å²) in [6, 6.07) is 21.9. The minimum absolute atomic E-state index is 0.0602. The fourth-order valence-corrected chi connectivity index (χ4v) is 5.24. The lowest BCUT2D eigenvalue weighted by Gasteiger charge is -2.32. The number of anilines is 1. The molecule has 1 saturated heterocycles. The van der Waals surface area contributed by atoms with Gasteiger partial charge < -0.3 is 10.2 Å². The summed E-state index contributed by atoms with van der Waals surface area (Å²) in [7, 11) is 0. The van der Waals surface area contributed by atoms with E-state index in [1.54, 1.807) is 6.07 Å². The zero-order valence-corrected chi connectivity index (χ0v) is 21.0. The summed E-state index contributed by atoms with van der Waals surface area (Å²) in [5.74, 6) is 0.0879. The number of fused-ring (bicyclic) bond motifs is 1. The van der Waals surface area contributed by atoms with Crippen LogP contribution in [0.1, 0.15) is 37.7 Å². The van der Waals surface area contributed by atoms with E-state index < -0.39 is 0 Å². The van der Waals surface area contributed by atoms with Gasteiger partial charge in [0.05, 0.1) is 11.1 Å². The van der Waals surface area contributed by atoms with Crippen molar-refractivity contribution in [3.63, 3.8) is 0 Å². The van der Waals surface area contributed by atoms with Crippen molar-refractivity contribution in [3.05, 3.63) is 94.5 Å². The van der Waals surface area contributed by atoms with Crippen molar-refractivity contribution in [2.75, 3.05) is 25.0 Å². The minimum Gasteiger partial charge on any atom is -0.326 e. The third-order valence-corrected chi connectivity index (χ3v) is 7.08. The lowest BCUT2D eigenvalue weighted by molar-refractivity contribution is -0.114. The number of halogens is 1. The fourth-order valence-electron chi connectivity index (χ4n) is 5.24. The Morgan fingerprint density at radius 1 is 0.973 bits per heavy atom. The molecule has 6 nitrogen and oxygen atoms in total. The molecule has 1 fully saturated rings. The van der Waals surface area contributed by atoms with Gasteiger partial charge in [0.25, 0.3) is 5.56 Å². The zero-order valence-electron chi connectivity index (χ0n) is 21.0. The quantitative estimate of drug-likeness (QED) is 0.369. The second-order valence-corrected chi connectivity index (χ2v) is 9.71. The van der Waals surface area contributed by atoms with E-state index in [1.807, 2.05) is 42.5 Å². The number of aromatic nitrogens is 2. The van der Waals surface area contributed by atoms with E-state index in [9.17, 15) is 14.0 Å². The maximum Gasteiger partial charge on any atom is 0.274 e. The van der Waals surface area contributed by atoms with Crippen LogP contribution in [-0.2, 0) is 11.3 Å². The monoisotopic (exact) mass is 498 g/mol. The molecular formula is C30H31FN4O2. The van der Waals surface area contributed by atoms with E-state index in [-0.39, 0.29) is 17.3 Å². The van der Waals surface area contributed by atoms with Gasteiger partial charge in [-0.1, -0.05) is 42.5 Å². The Bertz CT molecular complexity index is 1470. The first-order chi connectivity index (χ1) is 18.0. The van der Waals surface area contributed by atoms with E-state index in [2.05, 4.69) is 27.4 Å². The van der Waals surface area contributed by atoms with Gasteiger partial charge in [-0.25, -0.2) is 9.07 Å². The van der Waals surface area contributed by atoms with Crippen LogP contribution in [0.2, 0.25) is 0 Å². The zero-order chi connectivity index (χ0) is 25.8. The molecule has 37 heavy (non-hydrogen) atoms. The summed E-state index contributed by atoms with van der Waals surface area (Å²) in [5.41, 5.74) is 3.28. The minimum atomic E-state index is -0.327. The van der Waals surface area contributed by atoms with Crippen molar-refractivity contribution in [2.45, 2.75) is 38.6 Å². The van der Waals surface area contributed by atoms with Crippen LogP contribution in [0.4, 0.5) is 10.1 Å². The first kappa shape index (κ1) is 24.8. The molecule has 1 aliphatic heterocycles. The van der Waals surface area contributed by atoms with Crippen LogP contribution in [0.5, 0.6) is 0 Å². The van der Waals surface area contributed by atoms with Gasteiger partial charge in [-0.05, 0) is 80.7 Å². The van der Waals surface area contributed by atoms with Gasteiger partial charge in [0.1, 0.15) is 5.82 Å². The Morgan fingerprint density at radius 2 is 1.73 bits per heavy atom. The SMILES string of the molecule is CC(=O)Nc1cccc(C2CCN(CCCn3nc(-c4cccc(F)c4)c4ccccc4c3=O)CC2)c1. The van der Waals surface area contributed by atoms with Gasteiger partial charge in [0, 0.05) is 30.1 Å². The number of nitrogens with one attached hydrogen (secondary N) is 1. The number of aryl methyl sites for hydroxylation is 1. The molecule has 0 atom stereocenters. The van der Waals surface area contributed by atoms with E-state index in [1.165, 1.54) is 29.3 Å². The molecule has 7 heteroatoms. The van der Waals surface area contributed by atoms with Crippen LogP contribution >= 0.6 is 0 Å². The van der Waals surface area contributed by atoms with Gasteiger partial charge in [-0.3, -0.25) is 9.59 Å². The molecule has 1 amide bonds. The maximum atomic E-state index is 13.9. The van der Waals surface area contributed by atoms with Crippen LogP contribution in [0, 0.1) is 5.82 Å². The molecule has 0 bridgehead atoms. The summed E-state index contributed by atoms with van der Waals surface area (Å²) in [6.07, 6.45) is 2.92. The summed E-state index contributed by atoms with van der Waals surface area (Å²) < 4.78 is 15.5. The lowest BCUT2D eigenvalue weighted by Crippen LogP contribution is -2.34. The van der Waals surface area contributed by atoms with Gasteiger partial charge >= 0.3 is 0 Å². The molecule has 0 radical (unpaired) electrons. The van der Waals surface area contributed by atoms with Crippen molar-refractivity contribution in [1.82, 2.24) is 14.7 Å². The predicted octanol–water partition coefficient (Wildman–Crippen LogP) is 5.43. The molecule has 1 N–H and O–H groups in total. The standard InChI is InChI=1S/C30H31FN4O2/c1-21(36)32-26-10-5-7-23(20-26)22-13-17-34(18-14-22)15-6-16-35-30(37)28-12-3-2-11-27(28)29(33-35)24-8-4-9-25(31)19-24/h2-5,7-12,19-20,22H,6,13-18H2,1H3,(H,32,36). The number of rotatable bonds is 7. The van der Waals surface area contributed by atoms with Crippen LogP contribution in [0.3, 0.4) is 0 Å². The van der Waals surface area contributed by atoms with E-state index >= 15 is 0 Å². The summed E-state index contributed by atoms with van der Waals surface area (Å²) in [6.45, 7) is 4.89. The van der Waals surface area contributed by atoms with Crippen LogP contribution < -0.4 is 10.9 Å². The Balaban J connectivity index is 1.24. The van der Waals surface area contributed by atoms with Crippen LogP contribution in [0.25, 0.3) is 22.0 Å². The lowest BCUT2D eigenvalue weighted by atomic mass is 9.89. The van der Waals surface area contributed by atoms with Crippen molar-refractivity contribution >= 4 is 22.4 Å². The number of nitrogens with zero attached hydrogens (tertiary/aromatic N) is 3. The molecule has 0 saturated carbocycles. The highest BCUT2D eigenvalue weighted by molar-refractivity contribution is 5.93. The highest BCUT2D eigenvalue weighted by Gasteiger charge is 2.21. The van der Waals surface area contributed by atoms with Gasteiger partial charge in [-0.2, -0.15) is 5.10 Å². The van der Waals surface area contributed by atoms with E-state index in [0.717, 1.165) is 50.0 Å². The Kier molecular flexibility index (Phi) is 7.42. The molecule has 1 aromatic heterocycles. The highest BCUT2D eigenvalue weighted by atomic mass is 19.1. The van der Waals surface area contributed by atoms with Gasteiger partial charge in [0.2, 0.25) is 5.91 Å².